The molecule has 2 aliphatic rings. The van der Waals surface area contributed by atoms with Gasteiger partial charge in [0.15, 0.2) is 0 Å². The Morgan fingerprint density at radius 3 is 2.75 bits per heavy atom. The maximum absolute atomic E-state index is 11.6. The van der Waals surface area contributed by atoms with E-state index < -0.39 is 0 Å². The molecule has 0 aromatic heterocycles. The zero-order chi connectivity index (χ0) is 11.4. The minimum Gasteiger partial charge on any atom is -0.340 e. The Hall–Kier alpha value is -0.730. The number of likely N-dealkylation sites (tertiary alicyclic amines) is 1. The molecule has 1 amide bonds. The number of rotatable bonds is 3. The molecule has 2 heterocycles. The van der Waals surface area contributed by atoms with Crippen LogP contribution in [0.15, 0.2) is 0 Å². The average Bonchev–Trinajstić information content (AvgIpc) is 2.69. The second-order valence-corrected chi connectivity index (χ2v) is 5.55. The van der Waals surface area contributed by atoms with Crippen LogP contribution in [-0.2, 0) is 4.79 Å². The Labute approximate surface area is 101 Å². The van der Waals surface area contributed by atoms with Crippen LogP contribution in [0.2, 0.25) is 0 Å². The fraction of sp³-hybridized carbons (Fsp3) is 0.818. The quantitative estimate of drug-likeness (QED) is 0.715. The predicted molar refractivity (Wildman–Crippen MR) is 64.1 cm³/mol. The van der Waals surface area contributed by atoms with Gasteiger partial charge in [0.05, 0.1) is 12.0 Å². The summed E-state index contributed by atoms with van der Waals surface area (Å²) in [5.74, 6) is 2.48. The van der Waals surface area contributed by atoms with Crippen molar-refractivity contribution in [2.24, 2.45) is 5.92 Å². The first-order valence-electron chi connectivity index (χ1n) is 5.77. The maximum Gasteiger partial charge on any atom is 0.224 e. The van der Waals surface area contributed by atoms with E-state index in [0.717, 1.165) is 26.2 Å². The second kappa shape index (κ2) is 5.55. The van der Waals surface area contributed by atoms with Gasteiger partial charge >= 0.3 is 0 Å². The number of hydrogen-bond donors (Lipinski definition) is 0. The number of nitriles is 1. The number of thioether (sulfide) groups is 1. The topological polar surface area (TPSA) is 47.3 Å². The number of amides is 1. The van der Waals surface area contributed by atoms with Gasteiger partial charge in [0.2, 0.25) is 5.91 Å². The van der Waals surface area contributed by atoms with Gasteiger partial charge in [-0.3, -0.25) is 9.69 Å². The Bertz CT molecular complexity index is 296. The summed E-state index contributed by atoms with van der Waals surface area (Å²) in [6.07, 6.45) is 0.423. The molecule has 0 aromatic rings. The van der Waals surface area contributed by atoms with E-state index in [0.29, 0.717) is 13.0 Å². The van der Waals surface area contributed by atoms with Crippen LogP contribution in [-0.4, -0.2) is 59.9 Å². The minimum absolute atomic E-state index is 0.0792. The van der Waals surface area contributed by atoms with Crippen molar-refractivity contribution in [1.29, 1.82) is 5.26 Å². The van der Waals surface area contributed by atoms with E-state index in [-0.39, 0.29) is 11.8 Å². The van der Waals surface area contributed by atoms with Crippen molar-refractivity contribution in [3.05, 3.63) is 0 Å². The molecule has 0 radical (unpaired) electrons. The Morgan fingerprint density at radius 2 is 2.12 bits per heavy atom. The Kier molecular flexibility index (Phi) is 4.08. The standard InChI is InChI=1S/C11H17N3OS/c12-8-10-7-11(15)14(9-10)2-1-13-3-5-16-6-4-13/h10H,1-7,9H2. The van der Waals surface area contributed by atoms with Gasteiger partial charge in [-0.25, -0.2) is 0 Å². The smallest absolute Gasteiger partial charge is 0.224 e. The zero-order valence-corrected chi connectivity index (χ0v) is 10.2. The Balaban J connectivity index is 1.73. The van der Waals surface area contributed by atoms with Crippen molar-refractivity contribution in [2.75, 3.05) is 44.2 Å². The summed E-state index contributed by atoms with van der Waals surface area (Å²) in [6.45, 7) is 4.66. The third-order valence-electron chi connectivity index (χ3n) is 3.19. The molecule has 88 valence electrons. The minimum atomic E-state index is -0.0792. The van der Waals surface area contributed by atoms with E-state index in [1.54, 1.807) is 0 Å². The van der Waals surface area contributed by atoms with Crippen molar-refractivity contribution < 1.29 is 4.79 Å². The van der Waals surface area contributed by atoms with Crippen LogP contribution in [0.5, 0.6) is 0 Å². The van der Waals surface area contributed by atoms with E-state index in [4.69, 9.17) is 5.26 Å². The summed E-state index contributed by atoms with van der Waals surface area (Å²) in [6, 6.07) is 2.18. The summed E-state index contributed by atoms with van der Waals surface area (Å²) in [4.78, 5) is 15.8. The molecule has 1 atom stereocenters. The molecule has 5 heteroatoms. The van der Waals surface area contributed by atoms with Gasteiger partial charge in [0.1, 0.15) is 0 Å². The molecule has 1 unspecified atom stereocenters. The Morgan fingerprint density at radius 1 is 1.38 bits per heavy atom. The number of hydrogen-bond acceptors (Lipinski definition) is 4. The first-order chi connectivity index (χ1) is 7.79. The number of carbonyl (C=O) groups is 1. The molecule has 0 bridgehead atoms. The second-order valence-electron chi connectivity index (χ2n) is 4.32. The van der Waals surface area contributed by atoms with Gasteiger partial charge in [-0.05, 0) is 0 Å². The lowest BCUT2D eigenvalue weighted by Crippen LogP contribution is -2.39. The zero-order valence-electron chi connectivity index (χ0n) is 9.39. The SMILES string of the molecule is N#CC1CC(=O)N(CCN2CCSCC2)C1. The van der Waals surface area contributed by atoms with Crippen LogP contribution in [0.1, 0.15) is 6.42 Å². The van der Waals surface area contributed by atoms with E-state index in [1.807, 2.05) is 16.7 Å². The molecule has 0 N–H and O–H groups in total. The summed E-state index contributed by atoms with van der Waals surface area (Å²) >= 11 is 2.00. The first-order valence-corrected chi connectivity index (χ1v) is 6.92. The van der Waals surface area contributed by atoms with Crippen LogP contribution < -0.4 is 0 Å². The number of nitrogens with zero attached hydrogens (tertiary/aromatic N) is 3. The van der Waals surface area contributed by atoms with E-state index in [9.17, 15) is 4.79 Å². The molecule has 0 spiro atoms. The van der Waals surface area contributed by atoms with Crippen LogP contribution >= 0.6 is 11.8 Å². The highest BCUT2D eigenvalue weighted by Gasteiger charge is 2.29. The van der Waals surface area contributed by atoms with Crippen molar-refractivity contribution in [2.45, 2.75) is 6.42 Å². The average molecular weight is 239 g/mol. The molecule has 2 saturated heterocycles. The predicted octanol–water partition coefficient (Wildman–Crippen LogP) is 0.407. The van der Waals surface area contributed by atoms with E-state index >= 15 is 0 Å². The summed E-state index contributed by atoms with van der Waals surface area (Å²) in [7, 11) is 0. The molecule has 0 saturated carbocycles. The van der Waals surface area contributed by atoms with E-state index in [2.05, 4.69) is 11.0 Å². The van der Waals surface area contributed by atoms with Gasteiger partial charge in [-0.15, -0.1) is 0 Å². The molecule has 2 aliphatic heterocycles. The lowest BCUT2D eigenvalue weighted by Gasteiger charge is -2.28. The van der Waals surface area contributed by atoms with Crippen molar-refractivity contribution in [3.63, 3.8) is 0 Å². The molecule has 0 aliphatic carbocycles. The molecule has 16 heavy (non-hydrogen) atoms. The van der Waals surface area contributed by atoms with Gasteiger partial charge in [0.25, 0.3) is 0 Å². The fourth-order valence-electron chi connectivity index (χ4n) is 2.16. The number of carbonyl (C=O) groups excluding carboxylic acids is 1. The van der Waals surface area contributed by atoms with Crippen molar-refractivity contribution in [1.82, 2.24) is 9.80 Å². The molecular formula is C11H17N3OS. The molecular weight excluding hydrogens is 222 g/mol. The van der Waals surface area contributed by atoms with Crippen LogP contribution in [0.4, 0.5) is 0 Å². The van der Waals surface area contributed by atoms with E-state index in [1.165, 1.54) is 11.5 Å². The molecule has 0 aromatic carbocycles. The molecule has 2 fully saturated rings. The maximum atomic E-state index is 11.6. The van der Waals surface area contributed by atoms with Gasteiger partial charge in [0, 0.05) is 50.7 Å². The van der Waals surface area contributed by atoms with Crippen LogP contribution in [0.3, 0.4) is 0 Å². The highest BCUT2D eigenvalue weighted by Crippen LogP contribution is 2.16. The van der Waals surface area contributed by atoms with Gasteiger partial charge < -0.3 is 4.90 Å². The first kappa shape index (κ1) is 11.7. The van der Waals surface area contributed by atoms with Crippen LogP contribution in [0.25, 0.3) is 0 Å². The van der Waals surface area contributed by atoms with Gasteiger partial charge in [-0.1, -0.05) is 0 Å². The largest absolute Gasteiger partial charge is 0.340 e. The lowest BCUT2D eigenvalue weighted by atomic mass is 10.1. The molecule has 4 nitrogen and oxygen atoms in total. The summed E-state index contributed by atoms with van der Waals surface area (Å²) < 4.78 is 0. The monoisotopic (exact) mass is 239 g/mol. The third-order valence-corrected chi connectivity index (χ3v) is 4.13. The van der Waals surface area contributed by atoms with Crippen LogP contribution in [0, 0.1) is 17.2 Å². The highest BCUT2D eigenvalue weighted by atomic mass is 32.2. The van der Waals surface area contributed by atoms with Crippen molar-refractivity contribution >= 4 is 17.7 Å². The van der Waals surface area contributed by atoms with Crippen molar-refractivity contribution in [3.8, 4) is 6.07 Å². The molecule has 2 rings (SSSR count). The summed E-state index contributed by atoms with van der Waals surface area (Å²) in [5.41, 5.74) is 0. The lowest BCUT2D eigenvalue weighted by molar-refractivity contribution is -0.127. The van der Waals surface area contributed by atoms with Gasteiger partial charge in [-0.2, -0.15) is 17.0 Å². The summed E-state index contributed by atoms with van der Waals surface area (Å²) in [5, 5.41) is 8.78. The highest BCUT2D eigenvalue weighted by molar-refractivity contribution is 7.99. The fourth-order valence-corrected chi connectivity index (χ4v) is 3.14. The normalized spacial score (nSPS) is 27.1. The third kappa shape index (κ3) is 2.89.